The van der Waals surface area contributed by atoms with Gasteiger partial charge in [-0.25, -0.2) is 0 Å². The molecule has 0 radical (unpaired) electrons. The molecule has 0 spiro atoms. The van der Waals surface area contributed by atoms with Gasteiger partial charge in [-0.1, -0.05) is 6.42 Å². The Morgan fingerprint density at radius 1 is 1.38 bits per heavy atom. The van der Waals surface area contributed by atoms with E-state index in [1.165, 1.54) is 0 Å². The zero-order valence-corrected chi connectivity index (χ0v) is 8.16. The molecule has 1 atom stereocenters. The summed E-state index contributed by atoms with van der Waals surface area (Å²) < 4.78 is 4.86. The van der Waals surface area contributed by atoms with Crippen molar-refractivity contribution in [1.29, 1.82) is 0 Å². The van der Waals surface area contributed by atoms with E-state index in [9.17, 15) is 4.79 Å². The van der Waals surface area contributed by atoms with Crippen LogP contribution in [0.1, 0.15) is 32.6 Å². The predicted octanol–water partition coefficient (Wildman–Crippen LogP) is 0.429. The lowest BCUT2D eigenvalue weighted by molar-refractivity contribution is -0.144. The van der Waals surface area contributed by atoms with Crippen molar-refractivity contribution in [1.82, 2.24) is 0 Å². The van der Waals surface area contributed by atoms with E-state index < -0.39 is 6.04 Å². The van der Waals surface area contributed by atoms with Crippen molar-refractivity contribution in [3.63, 3.8) is 0 Å². The fourth-order valence-electron chi connectivity index (χ4n) is 0.872. The average Bonchev–Trinajstić information content (AvgIpc) is 2.10. The first-order valence-electron chi connectivity index (χ1n) is 4.71. The lowest BCUT2D eigenvalue weighted by Gasteiger charge is -2.06. The van der Waals surface area contributed by atoms with Gasteiger partial charge in [0, 0.05) is 6.61 Å². The van der Waals surface area contributed by atoms with Crippen LogP contribution in [0.3, 0.4) is 0 Å². The number of rotatable bonds is 7. The van der Waals surface area contributed by atoms with Crippen LogP contribution in [0.25, 0.3) is 0 Å². The standard InChI is InChI=1S/C9H19NO3/c1-8(10)9(12)13-7-5-3-2-4-6-11/h8,11H,2-7,10H2,1H3. The molecule has 4 nitrogen and oxygen atoms in total. The normalized spacial score (nSPS) is 12.5. The van der Waals surface area contributed by atoms with Crippen LogP contribution in [-0.2, 0) is 9.53 Å². The van der Waals surface area contributed by atoms with Gasteiger partial charge >= 0.3 is 5.97 Å². The number of aliphatic hydroxyl groups is 1. The van der Waals surface area contributed by atoms with Crippen LogP contribution in [0.2, 0.25) is 0 Å². The summed E-state index contributed by atoms with van der Waals surface area (Å²) in [5.74, 6) is -0.345. The Hall–Kier alpha value is -0.610. The van der Waals surface area contributed by atoms with E-state index in [4.69, 9.17) is 15.6 Å². The highest BCUT2D eigenvalue weighted by Crippen LogP contribution is 1.99. The van der Waals surface area contributed by atoms with Gasteiger partial charge in [-0.2, -0.15) is 0 Å². The molecular formula is C9H19NO3. The van der Waals surface area contributed by atoms with Gasteiger partial charge in [-0.3, -0.25) is 4.79 Å². The topological polar surface area (TPSA) is 72.6 Å². The summed E-state index contributed by atoms with van der Waals surface area (Å²) in [6, 6.07) is -0.530. The highest BCUT2D eigenvalue weighted by molar-refractivity contribution is 5.74. The molecule has 0 aliphatic carbocycles. The summed E-state index contributed by atoms with van der Waals surface area (Å²) in [5.41, 5.74) is 5.29. The van der Waals surface area contributed by atoms with Gasteiger partial charge in [0.2, 0.25) is 0 Å². The van der Waals surface area contributed by atoms with E-state index in [1.54, 1.807) is 6.92 Å². The first-order valence-corrected chi connectivity index (χ1v) is 4.71. The highest BCUT2D eigenvalue weighted by Gasteiger charge is 2.07. The van der Waals surface area contributed by atoms with Crippen LogP contribution in [0.5, 0.6) is 0 Å². The Kier molecular flexibility index (Phi) is 7.63. The molecule has 0 saturated carbocycles. The number of unbranched alkanes of at least 4 members (excludes halogenated alkanes) is 3. The lowest BCUT2D eigenvalue weighted by atomic mass is 10.2. The molecule has 13 heavy (non-hydrogen) atoms. The number of carbonyl (C=O) groups excluding carboxylic acids is 1. The van der Waals surface area contributed by atoms with Gasteiger partial charge < -0.3 is 15.6 Å². The molecular weight excluding hydrogens is 170 g/mol. The molecule has 0 aromatic heterocycles. The molecule has 0 fully saturated rings. The van der Waals surface area contributed by atoms with Crippen molar-refractivity contribution in [2.24, 2.45) is 5.73 Å². The summed E-state index contributed by atoms with van der Waals surface area (Å²) in [7, 11) is 0. The van der Waals surface area contributed by atoms with Gasteiger partial charge in [-0.15, -0.1) is 0 Å². The number of esters is 1. The van der Waals surface area contributed by atoms with Crippen molar-refractivity contribution >= 4 is 5.97 Å². The summed E-state index contributed by atoms with van der Waals surface area (Å²) in [4.78, 5) is 10.8. The Morgan fingerprint density at radius 2 is 2.00 bits per heavy atom. The van der Waals surface area contributed by atoms with Crippen molar-refractivity contribution in [3.05, 3.63) is 0 Å². The third kappa shape index (κ3) is 7.74. The fraction of sp³-hybridized carbons (Fsp3) is 0.889. The summed E-state index contributed by atoms with van der Waals surface area (Å²) in [6.07, 6.45) is 3.62. The lowest BCUT2D eigenvalue weighted by Crippen LogP contribution is -2.28. The maximum atomic E-state index is 10.8. The van der Waals surface area contributed by atoms with Crippen molar-refractivity contribution < 1.29 is 14.6 Å². The highest BCUT2D eigenvalue weighted by atomic mass is 16.5. The van der Waals surface area contributed by atoms with Crippen LogP contribution in [-0.4, -0.2) is 30.3 Å². The molecule has 4 heteroatoms. The van der Waals surface area contributed by atoms with Crippen LogP contribution in [0.15, 0.2) is 0 Å². The Bertz CT molecular complexity index is 137. The van der Waals surface area contributed by atoms with Gasteiger partial charge in [0.15, 0.2) is 0 Å². The minimum atomic E-state index is -0.530. The van der Waals surface area contributed by atoms with Crippen LogP contribution in [0, 0.1) is 0 Å². The second-order valence-corrected chi connectivity index (χ2v) is 3.09. The van der Waals surface area contributed by atoms with E-state index in [0.29, 0.717) is 6.61 Å². The maximum Gasteiger partial charge on any atom is 0.322 e. The second kappa shape index (κ2) is 8.01. The fourth-order valence-corrected chi connectivity index (χ4v) is 0.872. The molecule has 1 unspecified atom stereocenters. The zero-order chi connectivity index (χ0) is 10.1. The van der Waals surface area contributed by atoms with Crippen LogP contribution >= 0.6 is 0 Å². The summed E-state index contributed by atoms with van der Waals surface area (Å²) in [6.45, 7) is 2.28. The molecule has 0 bridgehead atoms. The number of hydrogen-bond donors (Lipinski definition) is 2. The van der Waals surface area contributed by atoms with Crippen molar-refractivity contribution in [3.8, 4) is 0 Å². The maximum absolute atomic E-state index is 10.8. The van der Waals surface area contributed by atoms with Crippen molar-refractivity contribution in [2.75, 3.05) is 13.2 Å². The number of ether oxygens (including phenoxy) is 1. The number of carbonyl (C=O) groups is 1. The SMILES string of the molecule is CC(N)C(=O)OCCCCCCO. The van der Waals surface area contributed by atoms with Gasteiger partial charge in [0.05, 0.1) is 6.61 Å². The monoisotopic (exact) mass is 189 g/mol. The second-order valence-electron chi connectivity index (χ2n) is 3.09. The Balaban J connectivity index is 3.12. The molecule has 0 saturated heterocycles. The zero-order valence-electron chi connectivity index (χ0n) is 8.16. The molecule has 78 valence electrons. The molecule has 3 N–H and O–H groups in total. The number of hydrogen-bond acceptors (Lipinski definition) is 4. The van der Waals surface area contributed by atoms with E-state index in [1.807, 2.05) is 0 Å². The molecule has 0 amide bonds. The molecule has 0 aliphatic rings. The summed E-state index contributed by atoms with van der Waals surface area (Å²) in [5, 5.41) is 8.48. The van der Waals surface area contributed by atoms with Crippen molar-refractivity contribution in [2.45, 2.75) is 38.6 Å². The van der Waals surface area contributed by atoms with E-state index in [-0.39, 0.29) is 12.6 Å². The summed E-state index contributed by atoms with van der Waals surface area (Å²) >= 11 is 0. The minimum absolute atomic E-state index is 0.236. The van der Waals surface area contributed by atoms with Gasteiger partial charge in [-0.05, 0) is 26.2 Å². The first-order chi connectivity index (χ1) is 6.18. The third-order valence-corrected chi connectivity index (χ3v) is 1.67. The molecule has 0 heterocycles. The minimum Gasteiger partial charge on any atom is -0.465 e. The quantitative estimate of drug-likeness (QED) is 0.450. The molecule has 0 rings (SSSR count). The smallest absolute Gasteiger partial charge is 0.322 e. The first kappa shape index (κ1) is 12.4. The number of aliphatic hydroxyl groups excluding tert-OH is 1. The molecule has 0 aromatic rings. The molecule has 0 aliphatic heterocycles. The van der Waals surface area contributed by atoms with E-state index in [2.05, 4.69) is 0 Å². The Labute approximate surface area is 79.1 Å². The van der Waals surface area contributed by atoms with Gasteiger partial charge in [0.25, 0.3) is 0 Å². The van der Waals surface area contributed by atoms with Crippen LogP contribution < -0.4 is 5.73 Å². The van der Waals surface area contributed by atoms with E-state index >= 15 is 0 Å². The largest absolute Gasteiger partial charge is 0.465 e. The number of nitrogens with two attached hydrogens (primary N) is 1. The predicted molar refractivity (Wildman–Crippen MR) is 50.2 cm³/mol. The van der Waals surface area contributed by atoms with Crippen LogP contribution in [0.4, 0.5) is 0 Å². The third-order valence-electron chi connectivity index (χ3n) is 1.67. The van der Waals surface area contributed by atoms with Gasteiger partial charge in [0.1, 0.15) is 6.04 Å². The van der Waals surface area contributed by atoms with E-state index in [0.717, 1.165) is 25.7 Å². The average molecular weight is 189 g/mol. The molecule has 0 aromatic carbocycles. The Morgan fingerprint density at radius 3 is 2.54 bits per heavy atom.